The van der Waals surface area contributed by atoms with Gasteiger partial charge in [-0.1, -0.05) is 11.6 Å². The highest BCUT2D eigenvalue weighted by atomic mass is 35.5. The molecule has 1 aromatic rings. The van der Waals surface area contributed by atoms with Crippen molar-refractivity contribution in [2.24, 2.45) is 11.8 Å². The van der Waals surface area contributed by atoms with E-state index in [1.165, 1.54) is 6.20 Å². The van der Waals surface area contributed by atoms with Crippen LogP contribution in [0.5, 0.6) is 0 Å². The zero-order valence-corrected chi connectivity index (χ0v) is 11.2. The fourth-order valence-corrected chi connectivity index (χ4v) is 4.29. The van der Waals surface area contributed by atoms with E-state index >= 15 is 0 Å². The maximum atomic E-state index is 11.5. The van der Waals surface area contributed by atoms with Crippen molar-refractivity contribution in [3.63, 3.8) is 0 Å². The number of nitrogens with one attached hydrogen (secondary N) is 1. The minimum absolute atomic E-state index is 0.105. The first-order valence-electron chi connectivity index (χ1n) is 5.50. The Morgan fingerprint density at radius 2 is 2.28 bits per heavy atom. The molecule has 0 amide bonds. The highest BCUT2D eigenvalue weighted by molar-refractivity contribution is 7.91. The minimum Gasteiger partial charge on any atom is -0.383 e. The average Bonchev–Trinajstić information content (AvgIpc) is 2.65. The van der Waals surface area contributed by atoms with Crippen molar-refractivity contribution in [3.05, 3.63) is 22.8 Å². The Morgan fingerprint density at radius 3 is 2.83 bits per heavy atom. The van der Waals surface area contributed by atoms with E-state index in [1.54, 1.807) is 6.07 Å². The predicted octanol–water partition coefficient (Wildman–Crippen LogP) is 0.256. The van der Waals surface area contributed by atoms with Crippen LogP contribution in [0.25, 0.3) is 0 Å². The van der Waals surface area contributed by atoms with E-state index in [1.807, 2.05) is 0 Å². The van der Waals surface area contributed by atoms with Crippen molar-refractivity contribution >= 4 is 27.3 Å². The van der Waals surface area contributed by atoms with Crippen LogP contribution < -0.4 is 17.0 Å². The molecule has 0 saturated carbocycles. The molecule has 2 heterocycles. The van der Waals surface area contributed by atoms with Crippen molar-refractivity contribution in [1.82, 2.24) is 10.4 Å². The highest BCUT2D eigenvalue weighted by Crippen LogP contribution is 2.33. The van der Waals surface area contributed by atoms with Crippen molar-refractivity contribution < 1.29 is 8.42 Å². The van der Waals surface area contributed by atoms with Gasteiger partial charge in [-0.2, -0.15) is 0 Å². The Morgan fingerprint density at radius 1 is 1.56 bits per heavy atom. The van der Waals surface area contributed by atoms with Gasteiger partial charge in [0.15, 0.2) is 9.84 Å². The van der Waals surface area contributed by atoms with Gasteiger partial charge >= 0.3 is 0 Å². The molecule has 5 N–H and O–H groups in total. The van der Waals surface area contributed by atoms with Crippen molar-refractivity contribution in [2.45, 2.75) is 12.5 Å². The van der Waals surface area contributed by atoms with Crippen molar-refractivity contribution in [2.75, 3.05) is 17.2 Å². The number of rotatable bonds is 3. The summed E-state index contributed by atoms with van der Waals surface area (Å²) >= 11 is 5.88. The molecule has 1 aromatic heterocycles. The van der Waals surface area contributed by atoms with Crippen molar-refractivity contribution in [1.29, 1.82) is 0 Å². The molecule has 2 unspecified atom stereocenters. The molecule has 0 bridgehead atoms. The van der Waals surface area contributed by atoms with Gasteiger partial charge in [-0.25, -0.2) is 13.4 Å². The zero-order valence-electron chi connectivity index (χ0n) is 9.64. The molecule has 0 radical (unpaired) electrons. The fourth-order valence-electron chi connectivity index (χ4n) is 2.28. The van der Waals surface area contributed by atoms with Crippen LogP contribution in [-0.4, -0.2) is 24.9 Å². The fraction of sp³-hybridized carbons (Fsp3) is 0.500. The molecule has 18 heavy (non-hydrogen) atoms. The minimum atomic E-state index is -2.97. The normalized spacial score (nSPS) is 24.0. The first-order valence-corrected chi connectivity index (χ1v) is 7.70. The second-order valence-electron chi connectivity index (χ2n) is 4.44. The maximum Gasteiger partial charge on any atom is 0.150 e. The summed E-state index contributed by atoms with van der Waals surface area (Å²) in [5, 5.41) is 0.445. The number of hydrogen-bond donors (Lipinski definition) is 3. The Balaban J connectivity index is 2.31. The number of nitrogen functional groups attached to an aromatic ring is 1. The van der Waals surface area contributed by atoms with E-state index in [-0.39, 0.29) is 23.5 Å². The largest absolute Gasteiger partial charge is 0.383 e. The Hall–Kier alpha value is -0.890. The second-order valence-corrected chi connectivity index (χ2v) is 7.10. The van der Waals surface area contributed by atoms with Gasteiger partial charge in [0.25, 0.3) is 0 Å². The number of aromatic nitrogens is 1. The van der Waals surface area contributed by atoms with Gasteiger partial charge in [-0.05, 0) is 18.4 Å². The number of hydrogen-bond acceptors (Lipinski definition) is 6. The van der Waals surface area contributed by atoms with Gasteiger partial charge in [0.2, 0.25) is 0 Å². The van der Waals surface area contributed by atoms with Gasteiger partial charge in [0.05, 0.1) is 22.6 Å². The lowest BCUT2D eigenvalue weighted by Crippen LogP contribution is -2.34. The standard InChI is InChI=1S/C10H15ClN4O2S/c11-7-3-8(10(12)14-4-7)9(15-13)6-1-2-18(16,17)5-6/h3-4,6,9,15H,1-2,5,13H2,(H2,12,14). The lowest BCUT2D eigenvalue weighted by molar-refractivity contribution is 0.400. The highest BCUT2D eigenvalue weighted by Gasteiger charge is 2.35. The molecule has 8 heteroatoms. The maximum absolute atomic E-state index is 11.5. The molecule has 0 aromatic carbocycles. The molecule has 2 atom stereocenters. The first kappa shape index (κ1) is 13.5. The summed E-state index contributed by atoms with van der Waals surface area (Å²) in [6.07, 6.45) is 2.00. The van der Waals surface area contributed by atoms with Crippen LogP contribution in [0.15, 0.2) is 12.3 Å². The molecular weight excluding hydrogens is 276 g/mol. The van der Waals surface area contributed by atoms with Gasteiger partial charge in [-0.15, -0.1) is 0 Å². The summed E-state index contributed by atoms with van der Waals surface area (Å²) < 4.78 is 23.0. The van der Waals surface area contributed by atoms with Crippen LogP contribution >= 0.6 is 11.6 Å². The number of pyridine rings is 1. The monoisotopic (exact) mass is 290 g/mol. The average molecular weight is 291 g/mol. The predicted molar refractivity (Wildman–Crippen MR) is 70.5 cm³/mol. The van der Waals surface area contributed by atoms with Crippen LogP contribution in [0.1, 0.15) is 18.0 Å². The SMILES string of the molecule is NNC(c1cc(Cl)cnc1N)C1CCS(=O)(=O)C1. The summed E-state index contributed by atoms with van der Waals surface area (Å²) in [5.74, 6) is 6.01. The molecule has 0 aliphatic carbocycles. The van der Waals surface area contributed by atoms with Crippen LogP contribution in [0, 0.1) is 5.92 Å². The number of nitrogens with two attached hydrogens (primary N) is 2. The van der Waals surface area contributed by atoms with E-state index in [0.29, 0.717) is 22.8 Å². The Labute approximate surface area is 111 Å². The van der Waals surface area contributed by atoms with E-state index in [0.717, 1.165) is 0 Å². The van der Waals surface area contributed by atoms with Crippen molar-refractivity contribution in [3.8, 4) is 0 Å². The molecule has 1 fully saturated rings. The number of sulfone groups is 1. The van der Waals surface area contributed by atoms with E-state index < -0.39 is 9.84 Å². The zero-order chi connectivity index (χ0) is 13.3. The van der Waals surface area contributed by atoms with Gasteiger partial charge in [0, 0.05) is 11.8 Å². The third-order valence-electron chi connectivity index (χ3n) is 3.17. The summed E-state index contributed by atoms with van der Waals surface area (Å²) in [5.41, 5.74) is 9.05. The van der Waals surface area contributed by atoms with Crippen LogP contribution in [0.3, 0.4) is 0 Å². The third-order valence-corrected chi connectivity index (χ3v) is 5.17. The van der Waals surface area contributed by atoms with Gasteiger partial charge in [-0.3, -0.25) is 11.3 Å². The number of halogens is 1. The number of hydrazine groups is 1. The van der Waals surface area contributed by atoms with E-state index in [2.05, 4.69) is 10.4 Å². The van der Waals surface area contributed by atoms with Gasteiger partial charge in [0.1, 0.15) is 5.82 Å². The Bertz CT molecular complexity index is 549. The quantitative estimate of drug-likeness (QED) is 0.544. The molecule has 0 spiro atoms. The summed E-state index contributed by atoms with van der Waals surface area (Å²) in [6.45, 7) is 0. The Kier molecular flexibility index (Phi) is 3.76. The number of nitrogens with zero attached hydrogens (tertiary/aromatic N) is 1. The van der Waals surface area contributed by atoms with Crippen LogP contribution in [-0.2, 0) is 9.84 Å². The third kappa shape index (κ3) is 2.74. The smallest absolute Gasteiger partial charge is 0.150 e. The van der Waals surface area contributed by atoms with Crippen LogP contribution in [0.2, 0.25) is 5.02 Å². The molecule has 6 nitrogen and oxygen atoms in total. The molecule has 1 aliphatic rings. The lowest BCUT2D eigenvalue weighted by Gasteiger charge is -2.23. The topological polar surface area (TPSA) is 111 Å². The molecular formula is C10H15ClN4O2S. The number of anilines is 1. The molecule has 100 valence electrons. The molecule has 1 aliphatic heterocycles. The van der Waals surface area contributed by atoms with Gasteiger partial charge < -0.3 is 5.73 Å². The lowest BCUT2D eigenvalue weighted by atomic mass is 9.93. The summed E-state index contributed by atoms with van der Waals surface area (Å²) in [7, 11) is -2.97. The molecule has 1 saturated heterocycles. The summed E-state index contributed by atoms with van der Waals surface area (Å²) in [4.78, 5) is 3.96. The van der Waals surface area contributed by atoms with Crippen LogP contribution in [0.4, 0.5) is 5.82 Å². The molecule has 2 rings (SSSR count). The van der Waals surface area contributed by atoms with E-state index in [9.17, 15) is 8.42 Å². The second kappa shape index (κ2) is 5.00. The first-order chi connectivity index (χ1) is 8.43. The van der Waals surface area contributed by atoms with E-state index in [4.69, 9.17) is 23.2 Å². The summed E-state index contributed by atoms with van der Waals surface area (Å²) in [6, 6.07) is 1.31.